The lowest BCUT2D eigenvalue weighted by Gasteiger charge is -2.34. The standard InChI is InChI=1S/C13H22O3/c1-3-8-14-9-12-10-15-13(16-12)6-4-11(2)5-7-13/h3,11-12H,1,4-10H2,2H3. The predicted molar refractivity (Wildman–Crippen MR) is 62.2 cm³/mol. The smallest absolute Gasteiger partial charge is 0.169 e. The van der Waals surface area contributed by atoms with Crippen LogP contribution in [0.3, 0.4) is 0 Å². The Bertz CT molecular complexity index is 231. The Morgan fingerprint density at radius 2 is 2.19 bits per heavy atom. The quantitative estimate of drug-likeness (QED) is 0.544. The third-order valence-corrected chi connectivity index (χ3v) is 3.49. The fourth-order valence-corrected chi connectivity index (χ4v) is 2.45. The van der Waals surface area contributed by atoms with Crippen LogP contribution in [-0.2, 0) is 14.2 Å². The number of hydrogen-bond donors (Lipinski definition) is 0. The van der Waals surface area contributed by atoms with Crippen molar-refractivity contribution in [3.8, 4) is 0 Å². The highest BCUT2D eigenvalue weighted by Gasteiger charge is 2.43. The summed E-state index contributed by atoms with van der Waals surface area (Å²) < 4.78 is 17.2. The summed E-state index contributed by atoms with van der Waals surface area (Å²) in [6, 6.07) is 0. The first-order valence-corrected chi connectivity index (χ1v) is 6.24. The largest absolute Gasteiger partial charge is 0.375 e. The molecule has 1 aliphatic heterocycles. The summed E-state index contributed by atoms with van der Waals surface area (Å²) in [7, 11) is 0. The molecule has 0 amide bonds. The van der Waals surface area contributed by atoms with E-state index < -0.39 is 0 Å². The van der Waals surface area contributed by atoms with E-state index in [4.69, 9.17) is 14.2 Å². The molecule has 0 radical (unpaired) electrons. The summed E-state index contributed by atoms with van der Waals surface area (Å²) >= 11 is 0. The maximum absolute atomic E-state index is 6.00. The van der Waals surface area contributed by atoms with E-state index in [1.165, 1.54) is 12.8 Å². The van der Waals surface area contributed by atoms with Gasteiger partial charge >= 0.3 is 0 Å². The lowest BCUT2D eigenvalue weighted by atomic mass is 9.86. The molecule has 0 aromatic heterocycles. The second-order valence-corrected chi connectivity index (χ2v) is 4.97. The molecule has 1 saturated heterocycles. The molecule has 2 fully saturated rings. The minimum Gasteiger partial charge on any atom is -0.375 e. The minimum absolute atomic E-state index is 0.105. The van der Waals surface area contributed by atoms with E-state index >= 15 is 0 Å². The van der Waals surface area contributed by atoms with Crippen LogP contribution in [0.4, 0.5) is 0 Å². The molecular weight excluding hydrogens is 204 g/mol. The minimum atomic E-state index is -0.283. The topological polar surface area (TPSA) is 27.7 Å². The van der Waals surface area contributed by atoms with Crippen molar-refractivity contribution >= 4 is 0 Å². The SMILES string of the molecule is C=CCOCC1COC2(CCC(C)CC2)O1. The van der Waals surface area contributed by atoms with Gasteiger partial charge in [0, 0.05) is 12.8 Å². The van der Waals surface area contributed by atoms with Crippen molar-refractivity contribution in [2.45, 2.75) is 44.5 Å². The van der Waals surface area contributed by atoms with Gasteiger partial charge in [-0.05, 0) is 18.8 Å². The van der Waals surface area contributed by atoms with E-state index in [1.54, 1.807) is 6.08 Å². The molecular formula is C13H22O3. The highest BCUT2D eigenvalue weighted by molar-refractivity contribution is 4.84. The van der Waals surface area contributed by atoms with Crippen molar-refractivity contribution in [1.29, 1.82) is 0 Å². The molecule has 3 nitrogen and oxygen atoms in total. The molecule has 2 rings (SSSR count). The van der Waals surface area contributed by atoms with Gasteiger partial charge < -0.3 is 14.2 Å². The van der Waals surface area contributed by atoms with Gasteiger partial charge in [0.1, 0.15) is 6.10 Å². The van der Waals surface area contributed by atoms with E-state index in [9.17, 15) is 0 Å². The molecule has 1 spiro atoms. The van der Waals surface area contributed by atoms with Gasteiger partial charge in [-0.3, -0.25) is 0 Å². The molecule has 0 aromatic rings. The van der Waals surface area contributed by atoms with Crippen LogP contribution < -0.4 is 0 Å². The molecule has 0 N–H and O–H groups in total. The Morgan fingerprint density at radius 1 is 1.44 bits per heavy atom. The Balaban J connectivity index is 1.76. The maximum Gasteiger partial charge on any atom is 0.169 e. The molecule has 1 aliphatic carbocycles. The van der Waals surface area contributed by atoms with Crippen molar-refractivity contribution in [2.24, 2.45) is 5.92 Å². The van der Waals surface area contributed by atoms with Crippen molar-refractivity contribution in [1.82, 2.24) is 0 Å². The van der Waals surface area contributed by atoms with Crippen LogP contribution in [0.15, 0.2) is 12.7 Å². The summed E-state index contributed by atoms with van der Waals surface area (Å²) in [5.74, 6) is 0.531. The Hall–Kier alpha value is -0.380. The number of ether oxygens (including phenoxy) is 3. The molecule has 0 bridgehead atoms. The predicted octanol–water partition coefficient (Wildman–Crippen LogP) is 2.51. The average Bonchev–Trinajstić information content (AvgIpc) is 2.68. The molecule has 1 heterocycles. The first-order chi connectivity index (χ1) is 7.74. The van der Waals surface area contributed by atoms with Gasteiger partial charge in [-0.2, -0.15) is 0 Å². The van der Waals surface area contributed by atoms with Crippen LogP contribution in [-0.4, -0.2) is 31.7 Å². The van der Waals surface area contributed by atoms with Gasteiger partial charge in [0.15, 0.2) is 5.79 Å². The van der Waals surface area contributed by atoms with Crippen molar-refractivity contribution < 1.29 is 14.2 Å². The average molecular weight is 226 g/mol. The normalized spacial score (nSPS) is 39.1. The monoisotopic (exact) mass is 226 g/mol. The lowest BCUT2D eigenvalue weighted by molar-refractivity contribution is -0.195. The van der Waals surface area contributed by atoms with Gasteiger partial charge in [0.05, 0.1) is 19.8 Å². The van der Waals surface area contributed by atoms with Gasteiger partial charge in [-0.1, -0.05) is 13.0 Å². The first kappa shape index (κ1) is 12.1. The van der Waals surface area contributed by atoms with E-state index in [0.29, 0.717) is 19.8 Å². The van der Waals surface area contributed by atoms with E-state index in [0.717, 1.165) is 18.8 Å². The van der Waals surface area contributed by atoms with Crippen LogP contribution >= 0.6 is 0 Å². The second-order valence-electron chi connectivity index (χ2n) is 4.97. The molecule has 3 heteroatoms. The van der Waals surface area contributed by atoms with E-state index in [2.05, 4.69) is 13.5 Å². The zero-order valence-electron chi connectivity index (χ0n) is 10.1. The van der Waals surface area contributed by atoms with Crippen molar-refractivity contribution in [3.05, 3.63) is 12.7 Å². The number of hydrogen-bond acceptors (Lipinski definition) is 3. The Kier molecular flexibility index (Phi) is 4.00. The van der Waals surface area contributed by atoms with E-state index in [1.807, 2.05) is 0 Å². The molecule has 0 aromatic carbocycles. The lowest BCUT2D eigenvalue weighted by Crippen LogP contribution is -2.35. The van der Waals surface area contributed by atoms with Gasteiger partial charge in [-0.15, -0.1) is 6.58 Å². The molecule has 1 saturated carbocycles. The molecule has 2 aliphatic rings. The molecule has 1 unspecified atom stereocenters. The summed E-state index contributed by atoms with van der Waals surface area (Å²) in [5, 5.41) is 0. The molecule has 16 heavy (non-hydrogen) atoms. The Labute approximate surface area is 97.8 Å². The zero-order chi connectivity index (χ0) is 11.4. The summed E-state index contributed by atoms with van der Waals surface area (Å²) in [4.78, 5) is 0. The van der Waals surface area contributed by atoms with Crippen LogP contribution in [0.2, 0.25) is 0 Å². The molecule has 92 valence electrons. The first-order valence-electron chi connectivity index (χ1n) is 6.24. The highest BCUT2D eigenvalue weighted by Crippen LogP contribution is 2.39. The van der Waals surface area contributed by atoms with E-state index in [-0.39, 0.29) is 11.9 Å². The fourth-order valence-electron chi connectivity index (χ4n) is 2.45. The third kappa shape index (κ3) is 2.84. The van der Waals surface area contributed by atoms with Crippen LogP contribution in [0.1, 0.15) is 32.6 Å². The highest BCUT2D eigenvalue weighted by atomic mass is 16.7. The zero-order valence-corrected chi connectivity index (χ0v) is 10.1. The third-order valence-electron chi connectivity index (χ3n) is 3.49. The summed E-state index contributed by atoms with van der Waals surface area (Å²) in [6.45, 7) is 7.79. The number of rotatable bonds is 4. The van der Waals surface area contributed by atoms with Gasteiger partial charge in [0.25, 0.3) is 0 Å². The second kappa shape index (κ2) is 5.30. The van der Waals surface area contributed by atoms with Crippen LogP contribution in [0.5, 0.6) is 0 Å². The summed E-state index contributed by atoms with van der Waals surface area (Å²) in [5.41, 5.74) is 0. The molecule has 1 atom stereocenters. The van der Waals surface area contributed by atoms with Crippen molar-refractivity contribution in [2.75, 3.05) is 19.8 Å². The summed E-state index contributed by atoms with van der Waals surface area (Å²) in [6.07, 6.45) is 6.35. The van der Waals surface area contributed by atoms with Crippen LogP contribution in [0, 0.1) is 5.92 Å². The van der Waals surface area contributed by atoms with Gasteiger partial charge in [0.2, 0.25) is 0 Å². The Morgan fingerprint density at radius 3 is 2.88 bits per heavy atom. The van der Waals surface area contributed by atoms with Crippen molar-refractivity contribution in [3.63, 3.8) is 0 Å². The van der Waals surface area contributed by atoms with Crippen LogP contribution in [0.25, 0.3) is 0 Å². The maximum atomic E-state index is 6.00. The fraction of sp³-hybridized carbons (Fsp3) is 0.846. The van der Waals surface area contributed by atoms with Gasteiger partial charge in [-0.25, -0.2) is 0 Å².